The zero-order valence-corrected chi connectivity index (χ0v) is 15.6. The largest absolute Gasteiger partial charge is 0.477 e. The Balaban J connectivity index is 1.29. The first kappa shape index (κ1) is 15.1. The van der Waals surface area contributed by atoms with Gasteiger partial charge in [-0.05, 0) is 75.0 Å². The maximum atomic E-state index is 12.9. The van der Waals surface area contributed by atoms with E-state index in [1.165, 1.54) is 32.1 Å². The van der Waals surface area contributed by atoms with Crippen LogP contribution in [0, 0.1) is 47.3 Å². The van der Waals surface area contributed by atoms with Crippen molar-refractivity contribution in [2.45, 2.75) is 76.2 Å². The molecule has 140 valence electrons. The number of nitrogens with zero attached hydrogens (tertiary/aromatic N) is 1. The minimum atomic E-state index is -0.374. The van der Waals surface area contributed by atoms with E-state index in [1.54, 1.807) is 0 Å². The molecule has 0 spiro atoms. The van der Waals surface area contributed by atoms with Crippen LogP contribution in [0.15, 0.2) is 4.99 Å². The summed E-state index contributed by atoms with van der Waals surface area (Å²) in [5, 5.41) is 0. The molecule has 10 bridgehead atoms. The summed E-state index contributed by atoms with van der Waals surface area (Å²) < 4.78 is 13.4. The molecule has 0 aromatic carbocycles. The number of carbonyl (C=O) groups excluding carboxylic acids is 1. The molecular formula is C22H29NO3. The van der Waals surface area contributed by atoms with Crippen molar-refractivity contribution in [1.82, 2.24) is 0 Å². The highest BCUT2D eigenvalue weighted by molar-refractivity contribution is 5.86. The van der Waals surface area contributed by atoms with E-state index >= 15 is 0 Å². The van der Waals surface area contributed by atoms with Gasteiger partial charge in [0.25, 0.3) is 0 Å². The average Bonchev–Trinajstić information content (AvgIpc) is 2.61. The van der Waals surface area contributed by atoms with Crippen LogP contribution < -0.4 is 0 Å². The second kappa shape index (κ2) is 4.74. The first-order valence-corrected chi connectivity index (χ1v) is 11.1. The molecule has 0 N–H and O–H groups in total. The molecule has 26 heavy (non-hydrogen) atoms. The van der Waals surface area contributed by atoms with E-state index in [2.05, 4.69) is 0 Å². The van der Waals surface area contributed by atoms with Crippen molar-refractivity contribution in [2.24, 2.45) is 52.3 Å². The molecule has 9 rings (SSSR count). The van der Waals surface area contributed by atoms with Gasteiger partial charge in [0, 0.05) is 30.6 Å². The lowest BCUT2D eigenvalue weighted by Crippen LogP contribution is -2.69. The number of Topliss-reactive ketones (excluding diaryl/α,β-unsaturated/α-hetero) is 1. The van der Waals surface area contributed by atoms with Crippen LogP contribution in [-0.2, 0) is 14.3 Å². The monoisotopic (exact) mass is 355 g/mol. The molecule has 8 fully saturated rings. The van der Waals surface area contributed by atoms with Crippen LogP contribution in [0.1, 0.15) is 58.3 Å². The summed E-state index contributed by atoms with van der Waals surface area (Å²) in [6.07, 6.45) is 10.1. The first-order chi connectivity index (χ1) is 12.6. The van der Waals surface area contributed by atoms with Gasteiger partial charge < -0.3 is 9.47 Å². The van der Waals surface area contributed by atoms with Crippen molar-refractivity contribution in [3.05, 3.63) is 0 Å². The Bertz CT molecular complexity index is 718. The Morgan fingerprint density at radius 2 is 1.85 bits per heavy atom. The first-order valence-electron chi connectivity index (χ1n) is 11.1. The number of ketones is 1. The summed E-state index contributed by atoms with van der Waals surface area (Å²) in [5.41, 5.74) is -0.374. The van der Waals surface area contributed by atoms with Crippen LogP contribution >= 0.6 is 0 Å². The van der Waals surface area contributed by atoms with Crippen molar-refractivity contribution in [1.29, 1.82) is 0 Å². The van der Waals surface area contributed by atoms with Crippen LogP contribution in [0.3, 0.4) is 0 Å². The summed E-state index contributed by atoms with van der Waals surface area (Å²) in [5.74, 6) is 5.78. The maximum absolute atomic E-state index is 12.9. The highest BCUT2D eigenvalue weighted by atomic mass is 16.6. The predicted molar refractivity (Wildman–Crippen MR) is 95.4 cm³/mol. The number of ether oxygens (including phenoxy) is 2. The molecule has 0 aromatic heterocycles. The topological polar surface area (TPSA) is 47.9 Å². The molecule has 1 heterocycles. The molecule has 11 atom stereocenters. The number of hydrogen-bond acceptors (Lipinski definition) is 4. The molecule has 1 aliphatic heterocycles. The van der Waals surface area contributed by atoms with Crippen LogP contribution in [0.4, 0.5) is 0 Å². The summed E-state index contributed by atoms with van der Waals surface area (Å²) in [6.45, 7) is 2.02. The molecule has 4 nitrogen and oxygen atoms in total. The molecule has 9 aliphatic rings. The van der Waals surface area contributed by atoms with Gasteiger partial charge in [-0.25, -0.2) is 4.99 Å². The Labute approximate surface area is 155 Å². The van der Waals surface area contributed by atoms with E-state index in [-0.39, 0.29) is 17.7 Å². The average molecular weight is 355 g/mol. The van der Waals surface area contributed by atoms with Gasteiger partial charge in [0.05, 0.1) is 6.10 Å². The Morgan fingerprint density at radius 1 is 1.00 bits per heavy atom. The summed E-state index contributed by atoms with van der Waals surface area (Å²) in [4.78, 5) is 18.0. The van der Waals surface area contributed by atoms with E-state index in [4.69, 9.17) is 14.5 Å². The van der Waals surface area contributed by atoms with Crippen LogP contribution in [0.2, 0.25) is 0 Å². The normalized spacial score (nSPS) is 61.0. The number of rotatable bonds is 2. The zero-order valence-electron chi connectivity index (χ0n) is 15.6. The molecular weight excluding hydrogens is 326 g/mol. The van der Waals surface area contributed by atoms with Crippen molar-refractivity contribution in [2.75, 3.05) is 0 Å². The van der Waals surface area contributed by atoms with E-state index in [0.29, 0.717) is 41.5 Å². The van der Waals surface area contributed by atoms with Crippen molar-refractivity contribution >= 4 is 11.7 Å². The summed E-state index contributed by atoms with van der Waals surface area (Å²) >= 11 is 0. The molecule has 0 unspecified atom stereocenters. The molecule has 0 aromatic rings. The van der Waals surface area contributed by atoms with Gasteiger partial charge in [0.2, 0.25) is 0 Å². The Kier molecular flexibility index (Phi) is 2.75. The van der Waals surface area contributed by atoms with Crippen molar-refractivity contribution in [3.63, 3.8) is 0 Å². The number of aliphatic imine (C=N–C) groups is 1. The summed E-state index contributed by atoms with van der Waals surface area (Å²) in [7, 11) is 0. The van der Waals surface area contributed by atoms with Gasteiger partial charge in [0.15, 0.2) is 11.6 Å². The highest BCUT2D eigenvalue weighted by Gasteiger charge is 2.67. The lowest BCUT2D eigenvalue weighted by molar-refractivity contribution is -0.285. The molecule has 4 heteroatoms. The van der Waals surface area contributed by atoms with Crippen molar-refractivity contribution < 1.29 is 14.3 Å². The lowest BCUT2D eigenvalue weighted by Gasteiger charge is -2.65. The number of carbonyl (C=O) groups is 1. The molecule has 8 aliphatic carbocycles. The smallest absolute Gasteiger partial charge is 0.183 e. The molecule has 8 saturated carbocycles. The minimum Gasteiger partial charge on any atom is -0.477 e. The van der Waals surface area contributed by atoms with Gasteiger partial charge in [-0.3, -0.25) is 4.79 Å². The zero-order chi connectivity index (χ0) is 17.2. The van der Waals surface area contributed by atoms with Gasteiger partial charge in [-0.1, -0.05) is 0 Å². The molecule has 0 amide bonds. The second-order valence-corrected chi connectivity index (χ2v) is 10.7. The quantitative estimate of drug-likeness (QED) is 0.760. The fourth-order valence-electron chi connectivity index (χ4n) is 8.82. The van der Waals surface area contributed by atoms with Crippen LogP contribution in [-0.4, -0.2) is 29.6 Å². The van der Waals surface area contributed by atoms with Crippen LogP contribution in [0.25, 0.3) is 0 Å². The van der Waals surface area contributed by atoms with E-state index in [9.17, 15) is 4.79 Å². The Hall–Kier alpha value is -0.900. The second-order valence-electron chi connectivity index (χ2n) is 10.7. The van der Waals surface area contributed by atoms with Gasteiger partial charge in [-0.15, -0.1) is 0 Å². The molecule has 0 saturated heterocycles. The maximum Gasteiger partial charge on any atom is 0.183 e. The van der Waals surface area contributed by atoms with Gasteiger partial charge in [0.1, 0.15) is 11.9 Å². The fourth-order valence-corrected chi connectivity index (χ4v) is 8.82. The molecule has 0 radical (unpaired) electrons. The van der Waals surface area contributed by atoms with Gasteiger partial charge >= 0.3 is 0 Å². The third-order valence-electron chi connectivity index (χ3n) is 9.43. The predicted octanol–water partition coefficient (Wildman–Crippen LogP) is 3.59. The van der Waals surface area contributed by atoms with Crippen LogP contribution in [0.5, 0.6) is 0 Å². The van der Waals surface area contributed by atoms with Gasteiger partial charge in [-0.2, -0.15) is 0 Å². The van der Waals surface area contributed by atoms with E-state index in [0.717, 1.165) is 37.0 Å². The van der Waals surface area contributed by atoms with E-state index < -0.39 is 0 Å². The fraction of sp³-hybridized carbons (Fsp3) is 0.909. The lowest BCUT2D eigenvalue weighted by atomic mass is 9.50. The van der Waals surface area contributed by atoms with E-state index in [1.807, 2.05) is 6.92 Å². The standard InChI is InChI=1S/C22H29NO3/c1-10-23-22(16-5-12-4-15(9-16)21(25-10)18(22)7-12)26-20-14-3-11-2-13(8-14)19(24)17(20)6-11/h11-18,20-21H,2-9H2,1H3/t11-,12+,13+,14-,15-,16+,17+,18-,20+,21+,22+/m1/s1. The highest BCUT2D eigenvalue weighted by Crippen LogP contribution is 2.64. The van der Waals surface area contributed by atoms with Crippen molar-refractivity contribution in [3.8, 4) is 0 Å². The number of hydrogen-bond donors (Lipinski definition) is 0. The SMILES string of the molecule is CC1=N[C@]2(O[C@H]3[C@@H]4C[C@H]5C[C@@H](C4)C(=O)[C@@H]3C5)[C@H]3C[C@@H]4C[C@H](C3)[C@H](O1)[C@H]2C4. The Morgan fingerprint density at radius 3 is 2.77 bits per heavy atom. The minimum absolute atomic E-state index is 0.128. The summed E-state index contributed by atoms with van der Waals surface area (Å²) in [6, 6.07) is 0. The third-order valence-corrected chi connectivity index (χ3v) is 9.43. The third kappa shape index (κ3) is 1.72.